The molecule has 0 aliphatic rings. The van der Waals surface area contributed by atoms with Gasteiger partial charge in [-0.05, 0) is 134 Å². The van der Waals surface area contributed by atoms with Crippen LogP contribution >= 0.6 is 0 Å². The Morgan fingerprint density at radius 2 is 0.339 bits per heavy atom. The highest BCUT2D eigenvalue weighted by molar-refractivity contribution is 5.75. The average molecular weight is 1520 g/mol. The van der Waals surface area contributed by atoms with Crippen LogP contribution in [0, 0.1) is 47.4 Å². The lowest BCUT2D eigenvalue weighted by atomic mass is 9.91. The molecule has 0 fully saturated rings. The molecule has 4 rings (SSSR count). The molecule has 4 aromatic rings. The average Bonchev–Trinajstić information content (AvgIpc) is 0.828. The maximum Gasteiger partial charge on any atom is 0.150 e. The molecule has 0 bridgehead atoms. The van der Waals surface area contributed by atoms with Crippen molar-refractivity contribution in [2.75, 3.05) is 0 Å². The van der Waals surface area contributed by atoms with Crippen molar-refractivity contribution < 1.29 is 9.59 Å². The summed E-state index contributed by atoms with van der Waals surface area (Å²) in [7, 11) is 0. The minimum absolute atomic E-state index is 0.678. The predicted octanol–water partition coefficient (Wildman–Crippen LogP) is 34.3. The van der Waals surface area contributed by atoms with Gasteiger partial charge in [-0.1, -0.05) is 498 Å². The van der Waals surface area contributed by atoms with Crippen LogP contribution in [-0.4, -0.2) is 12.6 Å². The number of rotatable bonds is 74. The topological polar surface area (TPSA) is 34.1 Å². The molecule has 0 saturated carbocycles. The molecule has 622 valence electrons. The van der Waals surface area contributed by atoms with E-state index >= 15 is 0 Å². The van der Waals surface area contributed by atoms with Gasteiger partial charge in [0.15, 0.2) is 0 Å². The van der Waals surface area contributed by atoms with Crippen LogP contribution in [0.25, 0.3) is 0 Å². The summed E-state index contributed by atoms with van der Waals surface area (Å²) in [6, 6.07) is 25.1. The molecule has 0 heterocycles. The van der Waals surface area contributed by atoms with E-state index in [1.807, 2.05) is 48.5 Å². The summed E-state index contributed by atoms with van der Waals surface area (Å²) in [6.07, 6.45) is 98.6. The van der Waals surface area contributed by atoms with E-state index in [-0.39, 0.29) is 0 Å². The molecule has 2 nitrogen and oxygen atoms in total. The first-order valence-electron chi connectivity index (χ1n) is 49.0. The van der Waals surface area contributed by atoms with Crippen LogP contribution in [0.15, 0.2) is 72.8 Å². The van der Waals surface area contributed by atoms with E-state index in [0.29, 0.717) is 11.1 Å². The van der Waals surface area contributed by atoms with Crippen molar-refractivity contribution in [3.63, 3.8) is 0 Å². The lowest BCUT2D eigenvalue weighted by molar-refractivity contribution is 0.111. The fourth-order valence-electron chi connectivity index (χ4n) is 16.6. The van der Waals surface area contributed by atoms with Gasteiger partial charge in [0.25, 0.3) is 0 Å². The zero-order valence-corrected chi connectivity index (χ0v) is 73.8. The maximum atomic E-state index is 11.6. The van der Waals surface area contributed by atoms with Gasteiger partial charge in [0.2, 0.25) is 0 Å². The van der Waals surface area contributed by atoms with Crippen LogP contribution in [-0.2, 0) is 25.7 Å². The molecule has 0 saturated heterocycles. The Morgan fingerprint density at radius 3 is 0.500 bits per heavy atom. The summed E-state index contributed by atoms with van der Waals surface area (Å²) >= 11 is 0. The number of carbonyl (C=O) groups is 2. The van der Waals surface area contributed by atoms with Crippen LogP contribution in [0.1, 0.15) is 541 Å². The molecular weight excluding hydrogens is 1350 g/mol. The second-order valence-corrected chi connectivity index (χ2v) is 34.4. The van der Waals surface area contributed by atoms with Gasteiger partial charge in [-0.15, -0.1) is 0 Å². The van der Waals surface area contributed by atoms with Crippen LogP contribution in [0.5, 0.6) is 0 Å². The molecule has 4 aromatic carbocycles. The van der Waals surface area contributed by atoms with E-state index in [9.17, 15) is 9.59 Å². The Morgan fingerprint density at radius 1 is 0.188 bits per heavy atom. The fourth-order valence-corrected chi connectivity index (χ4v) is 16.6. The Bertz CT molecular complexity index is 2930. The van der Waals surface area contributed by atoms with Crippen molar-refractivity contribution in [3.05, 3.63) is 140 Å². The molecule has 0 aliphatic heterocycles. The smallest absolute Gasteiger partial charge is 0.150 e. The third-order valence-corrected chi connectivity index (χ3v) is 24.1. The van der Waals surface area contributed by atoms with Crippen LogP contribution in [0.2, 0.25) is 0 Å². The SMILES string of the molecule is CCCCCCCCCCCCCCCCCCCc1cc(C#Cc2ccc(C=O)cc2)c(CCCCCCCCCCCCCCCCCCC)cc1C#CC#Cc1cc(CCCCCCCCCCCCCCCCCCC)c(C#Cc2ccc(C=O)cc2)cc1CCCCCCCCCCCCCCCCCCC. The van der Waals surface area contributed by atoms with Gasteiger partial charge in [-0.2, -0.15) is 0 Å². The Kier molecular flexibility index (Phi) is 65.5. The van der Waals surface area contributed by atoms with Crippen molar-refractivity contribution in [2.24, 2.45) is 0 Å². The molecule has 0 radical (unpaired) electrons. The van der Waals surface area contributed by atoms with E-state index in [4.69, 9.17) is 0 Å². The summed E-state index contributed by atoms with van der Waals surface area (Å²) in [5.74, 6) is 28.9. The highest BCUT2D eigenvalue weighted by Crippen LogP contribution is 2.27. The lowest BCUT2D eigenvalue weighted by Gasteiger charge is -2.12. The number of benzene rings is 4. The van der Waals surface area contributed by atoms with E-state index < -0.39 is 0 Å². The monoisotopic (exact) mass is 1520 g/mol. The fraction of sp³-hybridized carbons (Fsp3) is 0.691. The zero-order chi connectivity index (χ0) is 79.4. The van der Waals surface area contributed by atoms with Gasteiger partial charge < -0.3 is 0 Å². The molecule has 0 aromatic heterocycles. The minimum Gasteiger partial charge on any atom is -0.298 e. The minimum atomic E-state index is 0.678. The number of hydrogen-bond donors (Lipinski definition) is 0. The summed E-state index contributed by atoms with van der Waals surface area (Å²) in [5.41, 5.74) is 12.9. The highest BCUT2D eigenvalue weighted by Gasteiger charge is 2.13. The lowest BCUT2D eigenvalue weighted by Crippen LogP contribution is -2.00. The molecule has 2 heteroatoms. The summed E-state index contributed by atoms with van der Waals surface area (Å²) < 4.78 is 0. The van der Waals surface area contributed by atoms with Crippen LogP contribution in [0.3, 0.4) is 0 Å². The summed E-state index contributed by atoms with van der Waals surface area (Å²) in [5, 5.41) is 0. The number of aldehydes is 2. The van der Waals surface area contributed by atoms with Gasteiger partial charge in [0.05, 0.1) is 0 Å². The van der Waals surface area contributed by atoms with Crippen molar-refractivity contribution in [2.45, 2.75) is 490 Å². The second-order valence-electron chi connectivity index (χ2n) is 34.4. The molecule has 0 aliphatic carbocycles. The summed E-state index contributed by atoms with van der Waals surface area (Å²) in [6.45, 7) is 9.24. The molecular formula is C110H170O2. The number of aryl methyl sites for hydroxylation is 4. The summed E-state index contributed by atoms with van der Waals surface area (Å²) in [4.78, 5) is 23.3. The first-order valence-corrected chi connectivity index (χ1v) is 49.0. The molecule has 0 amide bonds. The number of unbranched alkanes of at least 4 members (excludes halogenated alkanes) is 64. The Hall–Kier alpha value is -5.54. The van der Waals surface area contributed by atoms with Gasteiger partial charge in [-0.25, -0.2) is 0 Å². The van der Waals surface area contributed by atoms with Crippen molar-refractivity contribution in [1.29, 1.82) is 0 Å². The van der Waals surface area contributed by atoms with Crippen molar-refractivity contribution in [3.8, 4) is 47.4 Å². The highest BCUT2D eigenvalue weighted by atomic mass is 16.1. The van der Waals surface area contributed by atoms with E-state index in [2.05, 4.69) is 99.3 Å². The zero-order valence-electron chi connectivity index (χ0n) is 73.8. The van der Waals surface area contributed by atoms with E-state index in [1.165, 1.54) is 433 Å². The molecule has 0 N–H and O–H groups in total. The van der Waals surface area contributed by atoms with Crippen molar-refractivity contribution in [1.82, 2.24) is 0 Å². The largest absolute Gasteiger partial charge is 0.298 e. The van der Waals surface area contributed by atoms with Crippen LogP contribution in [0.4, 0.5) is 0 Å². The van der Waals surface area contributed by atoms with Crippen LogP contribution < -0.4 is 0 Å². The Balaban J connectivity index is 1.58. The first kappa shape index (κ1) is 98.8. The normalized spacial score (nSPS) is 11.1. The van der Waals surface area contributed by atoms with Gasteiger partial charge in [0, 0.05) is 44.5 Å². The third-order valence-electron chi connectivity index (χ3n) is 24.1. The quantitative estimate of drug-likeness (QED) is 0.0251. The molecule has 0 spiro atoms. The second kappa shape index (κ2) is 74.3. The Labute approximate surface area is 694 Å². The molecule has 0 unspecified atom stereocenters. The maximum absolute atomic E-state index is 11.6. The number of hydrogen-bond acceptors (Lipinski definition) is 2. The molecule has 0 atom stereocenters. The van der Waals surface area contributed by atoms with Gasteiger partial charge in [-0.3, -0.25) is 9.59 Å². The van der Waals surface area contributed by atoms with Gasteiger partial charge >= 0.3 is 0 Å². The standard InChI is InChI=1S/C110H170O2/c1-5-9-13-17-21-25-29-33-37-41-45-49-53-57-61-65-69-75-103-95-109(91-89-99-81-85-101(97-111)86-82-99)107(77-71-67-63-59-55-51-47-43-39-35-31-27-23-19-15-11-7-3)93-105(103)79-73-74-80-106-94-108(78-72-68-64-60-56-52-48-44-40-36-32-28-24-20-16-12-8-4)110(92-90-100-83-87-102(98-112)88-84-100)96-104(106)76-70-66-62-58-54-50-46-42-38-34-30-26-22-18-14-10-6-2/h81-88,93-98H,5-72,75-78H2,1-4H3. The van der Waals surface area contributed by atoms with Gasteiger partial charge in [0.1, 0.15) is 12.6 Å². The van der Waals surface area contributed by atoms with E-state index in [0.717, 1.165) is 97.3 Å². The number of carbonyl (C=O) groups excluding carboxylic acids is 2. The first-order chi connectivity index (χ1) is 55.5. The third kappa shape index (κ3) is 54.3. The predicted molar refractivity (Wildman–Crippen MR) is 494 cm³/mol. The van der Waals surface area contributed by atoms with E-state index in [1.54, 1.807) is 0 Å². The van der Waals surface area contributed by atoms with Crippen molar-refractivity contribution >= 4 is 12.6 Å². The molecule has 112 heavy (non-hydrogen) atoms.